The minimum atomic E-state index is -0.378. The van der Waals surface area contributed by atoms with Crippen molar-refractivity contribution in [3.8, 4) is 10.6 Å². The Labute approximate surface area is 209 Å². The molecule has 174 valence electrons. The summed E-state index contributed by atoms with van der Waals surface area (Å²) >= 11 is 2.92. The minimum absolute atomic E-state index is 0.306. The summed E-state index contributed by atoms with van der Waals surface area (Å²) in [5, 5.41) is 2.74. The number of thiophene rings is 1. The zero-order chi connectivity index (χ0) is 24.4. The van der Waals surface area contributed by atoms with Crippen LogP contribution in [0.5, 0.6) is 0 Å². The smallest absolute Gasteiger partial charge is 0.338 e. The van der Waals surface area contributed by atoms with Gasteiger partial charge in [-0.25, -0.2) is 9.78 Å². The van der Waals surface area contributed by atoms with Crippen LogP contribution < -0.4 is 4.80 Å². The highest BCUT2D eigenvalue weighted by Gasteiger charge is 2.16. The van der Waals surface area contributed by atoms with Crippen molar-refractivity contribution in [2.75, 3.05) is 6.61 Å². The standard InChI is InChI=1S/C27H21N3O3S2/c1-3-13-30-22-12-11-17(26(32)33-4-2)15-24(22)35-27(30)29-25(31)19-16-21(23-10-7-14-34-23)28-20-9-6-5-8-18(19)20/h3,5-12,14-16H,1,4,13H2,2H3. The van der Waals surface area contributed by atoms with Gasteiger partial charge in [0.2, 0.25) is 0 Å². The van der Waals surface area contributed by atoms with Gasteiger partial charge in [0, 0.05) is 11.9 Å². The number of carbonyl (C=O) groups excluding carboxylic acids is 2. The monoisotopic (exact) mass is 499 g/mol. The SMILES string of the molecule is C=CCn1c(=NC(=O)c2cc(-c3cccs3)nc3ccccc23)sc2cc(C(=O)OCC)ccc21. The molecule has 8 heteroatoms. The van der Waals surface area contributed by atoms with Crippen molar-refractivity contribution in [1.82, 2.24) is 9.55 Å². The second kappa shape index (κ2) is 9.77. The highest BCUT2D eigenvalue weighted by atomic mass is 32.1. The number of pyridine rings is 1. The molecule has 35 heavy (non-hydrogen) atoms. The van der Waals surface area contributed by atoms with Crippen LogP contribution in [0.1, 0.15) is 27.6 Å². The van der Waals surface area contributed by atoms with Crippen molar-refractivity contribution in [2.24, 2.45) is 4.99 Å². The number of allylic oxidation sites excluding steroid dienone is 1. The fourth-order valence-corrected chi connectivity index (χ4v) is 5.62. The van der Waals surface area contributed by atoms with Crippen molar-refractivity contribution >= 4 is 55.7 Å². The second-order valence-electron chi connectivity index (χ2n) is 7.65. The number of amides is 1. The molecule has 6 nitrogen and oxygen atoms in total. The summed E-state index contributed by atoms with van der Waals surface area (Å²) in [6.07, 6.45) is 1.76. The molecule has 0 unspecified atom stereocenters. The van der Waals surface area contributed by atoms with Crippen LogP contribution in [-0.2, 0) is 11.3 Å². The number of fused-ring (bicyclic) bond motifs is 2. The highest BCUT2D eigenvalue weighted by Crippen LogP contribution is 2.28. The Bertz CT molecular complexity index is 1650. The summed E-state index contributed by atoms with van der Waals surface area (Å²) in [5.41, 5.74) is 3.31. The van der Waals surface area contributed by atoms with Gasteiger partial charge >= 0.3 is 5.97 Å². The van der Waals surface area contributed by atoms with E-state index in [0.717, 1.165) is 31.7 Å². The van der Waals surface area contributed by atoms with E-state index in [0.29, 0.717) is 29.1 Å². The van der Waals surface area contributed by atoms with Gasteiger partial charge in [-0.2, -0.15) is 4.99 Å². The number of carbonyl (C=O) groups is 2. The number of nitrogens with zero attached hydrogens (tertiary/aromatic N) is 3. The number of benzene rings is 2. The highest BCUT2D eigenvalue weighted by molar-refractivity contribution is 7.16. The van der Waals surface area contributed by atoms with Gasteiger partial charge in [0.05, 0.1) is 44.0 Å². The third-order valence-corrected chi connectivity index (χ3v) is 7.36. The molecule has 3 aromatic heterocycles. The molecule has 0 aliphatic carbocycles. The van der Waals surface area contributed by atoms with Gasteiger partial charge in [0.1, 0.15) is 0 Å². The fraction of sp³-hybridized carbons (Fsp3) is 0.111. The summed E-state index contributed by atoms with van der Waals surface area (Å²) in [5.74, 6) is -0.728. The van der Waals surface area contributed by atoms with Gasteiger partial charge < -0.3 is 9.30 Å². The summed E-state index contributed by atoms with van der Waals surface area (Å²) in [7, 11) is 0. The van der Waals surface area contributed by atoms with Gasteiger partial charge in [-0.1, -0.05) is 41.7 Å². The molecule has 0 saturated heterocycles. The fourth-order valence-electron chi connectivity index (χ4n) is 3.86. The number of aromatic nitrogens is 2. The van der Waals surface area contributed by atoms with Crippen LogP contribution in [0, 0.1) is 0 Å². The average Bonchev–Trinajstić information content (AvgIpc) is 3.52. The van der Waals surface area contributed by atoms with Crippen molar-refractivity contribution in [1.29, 1.82) is 0 Å². The number of rotatable bonds is 6. The summed E-state index contributed by atoms with van der Waals surface area (Å²) in [4.78, 5) is 36.5. The van der Waals surface area contributed by atoms with E-state index in [-0.39, 0.29) is 11.9 Å². The number of thiazole rings is 1. The molecule has 0 spiro atoms. The molecule has 0 N–H and O–H groups in total. The quantitative estimate of drug-likeness (QED) is 0.210. The van der Waals surface area contributed by atoms with Crippen molar-refractivity contribution in [3.05, 3.63) is 94.6 Å². The Morgan fingerprint density at radius 2 is 2.00 bits per heavy atom. The van der Waals surface area contributed by atoms with E-state index >= 15 is 0 Å². The summed E-state index contributed by atoms with van der Waals surface area (Å²) in [6, 6.07) is 18.7. The van der Waals surface area contributed by atoms with Gasteiger partial charge in [-0.05, 0) is 48.7 Å². The van der Waals surface area contributed by atoms with E-state index in [1.807, 2.05) is 58.5 Å². The van der Waals surface area contributed by atoms with Crippen molar-refractivity contribution in [3.63, 3.8) is 0 Å². The first kappa shape index (κ1) is 22.9. The molecule has 3 heterocycles. The maximum atomic E-state index is 13.5. The molecule has 0 saturated carbocycles. The lowest BCUT2D eigenvalue weighted by Crippen LogP contribution is -2.16. The Balaban J connectivity index is 1.66. The molecule has 0 aliphatic heterocycles. The van der Waals surface area contributed by atoms with Crippen LogP contribution in [-0.4, -0.2) is 28.0 Å². The molecule has 1 amide bonds. The average molecular weight is 500 g/mol. The van der Waals surface area contributed by atoms with Crippen molar-refractivity contribution in [2.45, 2.75) is 13.5 Å². The predicted octanol–water partition coefficient (Wildman–Crippen LogP) is 6.08. The molecule has 0 atom stereocenters. The predicted molar refractivity (Wildman–Crippen MR) is 141 cm³/mol. The number of para-hydroxylation sites is 1. The topological polar surface area (TPSA) is 73.5 Å². The molecular formula is C27H21N3O3S2. The Hall–Kier alpha value is -3.88. The lowest BCUT2D eigenvalue weighted by Gasteiger charge is -2.06. The van der Waals surface area contributed by atoms with E-state index < -0.39 is 0 Å². The first-order valence-electron chi connectivity index (χ1n) is 11.0. The zero-order valence-electron chi connectivity index (χ0n) is 18.9. The molecule has 0 bridgehead atoms. The molecule has 0 aliphatic rings. The third kappa shape index (κ3) is 4.45. The molecule has 2 aromatic carbocycles. The van der Waals surface area contributed by atoms with Gasteiger partial charge in [-0.15, -0.1) is 17.9 Å². The second-order valence-corrected chi connectivity index (χ2v) is 9.61. The normalized spacial score (nSPS) is 11.7. The van der Waals surface area contributed by atoms with Crippen LogP contribution >= 0.6 is 22.7 Å². The third-order valence-electron chi connectivity index (χ3n) is 5.42. The Kier molecular flexibility index (Phi) is 6.39. The van der Waals surface area contributed by atoms with E-state index in [4.69, 9.17) is 9.72 Å². The number of esters is 1. The summed E-state index contributed by atoms with van der Waals surface area (Å²) in [6.45, 7) is 6.40. The summed E-state index contributed by atoms with van der Waals surface area (Å²) < 4.78 is 7.88. The van der Waals surface area contributed by atoms with E-state index in [2.05, 4.69) is 11.6 Å². The Morgan fingerprint density at radius 3 is 2.77 bits per heavy atom. The van der Waals surface area contributed by atoms with E-state index in [9.17, 15) is 9.59 Å². The molecule has 5 rings (SSSR count). The Morgan fingerprint density at radius 1 is 1.14 bits per heavy atom. The van der Waals surface area contributed by atoms with Gasteiger partial charge in [0.15, 0.2) is 4.80 Å². The number of ether oxygens (including phenoxy) is 1. The van der Waals surface area contributed by atoms with Gasteiger partial charge in [0.25, 0.3) is 5.91 Å². The molecule has 0 fully saturated rings. The zero-order valence-corrected chi connectivity index (χ0v) is 20.6. The first-order valence-corrected chi connectivity index (χ1v) is 12.7. The van der Waals surface area contributed by atoms with E-state index in [1.54, 1.807) is 36.5 Å². The van der Waals surface area contributed by atoms with Crippen LogP contribution in [0.4, 0.5) is 0 Å². The number of hydrogen-bond donors (Lipinski definition) is 0. The van der Waals surface area contributed by atoms with E-state index in [1.165, 1.54) is 11.3 Å². The molecule has 0 radical (unpaired) electrons. The van der Waals surface area contributed by atoms with Crippen LogP contribution in [0.2, 0.25) is 0 Å². The van der Waals surface area contributed by atoms with Crippen LogP contribution in [0.3, 0.4) is 0 Å². The van der Waals surface area contributed by atoms with Crippen LogP contribution in [0.25, 0.3) is 31.7 Å². The first-order chi connectivity index (χ1) is 17.1. The maximum absolute atomic E-state index is 13.5. The number of hydrogen-bond acceptors (Lipinski definition) is 6. The molecular weight excluding hydrogens is 478 g/mol. The lowest BCUT2D eigenvalue weighted by molar-refractivity contribution is 0.0526. The van der Waals surface area contributed by atoms with Gasteiger partial charge in [-0.3, -0.25) is 4.79 Å². The maximum Gasteiger partial charge on any atom is 0.338 e. The largest absolute Gasteiger partial charge is 0.462 e. The van der Waals surface area contributed by atoms with Crippen molar-refractivity contribution < 1.29 is 14.3 Å². The lowest BCUT2D eigenvalue weighted by atomic mass is 10.1. The molecule has 5 aromatic rings. The van der Waals surface area contributed by atoms with Crippen LogP contribution in [0.15, 0.2) is 83.7 Å². The minimum Gasteiger partial charge on any atom is -0.462 e.